The van der Waals surface area contributed by atoms with Crippen LogP contribution in [-0.4, -0.2) is 35.8 Å². The highest BCUT2D eigenvalue weighted by molar-refractivity contribution is 5.99. The van der Waals surface area contributed by atoms with Gasteiger partial charge in [-0.2, -0.15) is 0 Å². The molecule has 2 N–H and O–H groups in total. The fourth-order valence-corrected chi connectivity index (χ4v) is 2.42. The Kier molecular flexibility index (Phi) is 4.27. The van der Waals surface area contributed by atoms with E-state index in [0.29, 0.717) is 25.2 Å². The summed E-state index contributed by atoms with van der Waals surface area (Å²) in [5.41, 5.74) is 2.49. The van der Waals surface area contributed by atoms with Crippen LogP contribution in [0.25, 0.3) is 0 Å². The fourth-order valence-electron chi connectivity index (χ4n) is 2.42. The smallest absolute Gasteiger partial charge is 0.251 e. The summed E-state index contributed by atoms with van der Waals surface area (Å²) in [6.07, 6.45) is 0. The molecular formula is C15H21N3O2. The summed E-state index contributed by atoms with van der Waals surface area (Å²) in [5, 5.41) is 5.95. The molecule has 1 atom stereocenters. The van der Waals surface area contributed by atoms with E-state index in [-0.39, 0.29) is 17.9 Å². The summed E-state index contributed by atoms with van der Waals surface area (Å²) in [6, 6.07) is 5.33. The minimum Gasteiger partial charge on any atom is -0.374 e. The molecule has 1 aromatic carbocycles. The summed E-state index contributed by atoms with van der Waals surface area (Å²) in [6.45, 7) is 7.76. The molecule has 1 aromatic rings. The van der Waals surface area contributed by atoms with Crippen molar-refractivity contribution >= 4 is 17.5 Å². The summed E-state index contributed by atoms with van der Waals surface area (Å²) in [7, 11) is 0. The Morgan fingerprint density at radius 3 is 2.75 bits per heavy atom. The number of rotatable bonds is 5. The van der Waals surface area contributed by atoms with E-state index < -0.39 is 0 Å². The van der Waals surface area contributed by atoms with Crippen molar-refractivity contribution in [1.82, 2.24) is 10.2 Å². The zero-order valence-electron chi connectivity index (χ0n) is 12.2. The molecule has 108 valence electrons. The molecule has 0 saturated carbocycles. The lowest BCUT2D eigenvalue weighted by atomic mass is 10.1. The molecule has 5 nitrogen and oxygen atoms in total. The van der Waals surface area contributed by atoms with Crippen LogP contribution in [-0.2, 0) is 11.3 Å². The number of amides is 2. The molecule has 1 aliphatic rings. The number of nitrogens with zero attached hydrogens (tertiary/aromatic N) is 1. The maximum atomic E-state index is 12.2. The Morgan fingerprint density at radius 1 is 1.40 bits per heavy atom. The standard InChI is InChI=1S/C15H21N3O2/c1-4-18(5-2)15(20)10(3)17-12-7-6-11-9-16-14(19)13(11)8-12/h6-8,10,17H,4-5,9H2,1-3H3,(H,16,19)/t10-/m1/s1. The van der Waals surface area contributed by atoms with Gasteiger partial charge in [0.15, 0.2) is 0 Å². The zero-order valence-corrected chi connectivity index (χ0v) is 12.2. The number of carbonyl (C=O) groups is 2. The van der Waals surface area contributed by atoms with Crippen molar-refractivity contribution in [2.75, 3.05) is 18.4 Å². The Hall–Kier alpha value is -2.04. The Labute approximate surface area is 119 Å². The second-order valence-corrected chi connectivity index (χ2v) is 4.93. The minimum absolute atomic E-state index is 0.0497. The van der Waals surface area contributed by atoms with E-state index in [4.69, 9.17) is 0 Å². The van der Waals surface area contributed by atoms with Gasteiger partial charge >= 0.3 is 0 Å². The Bertz CT molecular complexity index is 524. The number of anilines is 1. The lowest BCUT2D eigenvalue weighted by molar-refractivity contribution is -0.131. The van der Waals surface area contributed by atoms with E-state index in [9.17, 15) is 9.59 Å². The van der Waals surface area contributed by atoms with Crippen LogP contribution < -0.4 is 10.6 Å². The molecule has 0 saturated heterocycles. The topological polar surface area (TPSA) is 61.4 Å². The molecule has 5 heteroatoms. The van der Waals surface area contributed by atoms with E-state index in [1.165, 1.54) is 0 Å². The van der Waals surface area contributed by atoms with Gasteiger partial charge in [0, 0.05) is 30.9 Å². The monoisotopic (exact) mass is 275 g/mol. The number of carbonyl (C=O) groups excluding carboxylic acids is 2. The van der Waals surface area contributed by atoms with Crippen molar-refractivity contribution in [2.45, 2.75) is 33.4 Å². The van der Waals surface area contributed by atoms with Crippen molar-refractivity contribution in [3.05, 3.63) is 29.3 Å². The average Bonchev–Trinajstić information content (AvgIpc) is 2.81. The van der Waals surface area contributed by atoms with Crippen LogP contribution >= 0.6 is 0 Å². The molecule has 2 rings (SSSR count). The van der Waals surface area contributed by atoms with E-state index in [1.54, 1.807) is 4.90 Å². The van der Waals surface area contributed by atoms with Crippen molar-refractivity contribution in [3.8, 4) is 0 Å². The van der Waals surface area contributed by atoms with Gasteiger partial charge in [0.1, 0.15) is 6.04 Å². The first-order chi connectivity index (χ1) is 9.56. The molecule has 0 spiro atoms. The molecule has 20 heavy (non-hydrogen) atoms. The van der Waals surface area contributed by atoms with Gasteiger partial charge in [-0.1, -0.05) is 6.07 Å². The fraction of sp³-hybridized carbons (Fsp3) is 0.467. The molecule has 1 heterocycles. The van der Waals surface area contributed by atoms with Gasteiger partial charge in [0.05, 0.1) is 0 Å². The molecule has 0 aromatic heterocycles. The maximum Gasteiger partial charge on any atom is 0.251 e. The highest BCUT2D eigenvalue weighted by Gasteiger charge is 2.21. The Morgan fingerprint density at radius 2 is 2.10 bits per heavy atom. The number of hydrogen-bond donors (Lipinski definition) is 2. The van der Waals surface area contributed by atoms with Gasteiger partial charge in [-0.15, -0.1) is 0 Å². The third-order valence-corrected chi connectivity index (χ3v) is 3.62. The number of fused-ring (bicyclic) bond motifs is 1. The number of benzene rings is 1. The van der Waals surface area contributed by atoms with Gasteiger partial charge in [-0.3, -0.25) is 9.59 Å². The lowest BCUT2D eigenvalue weighted by Gasteiger charge is -2.24. The molecular weight excluding hydrogens is 254 g/mol. The number of nitrogens with one attached hydrogen (secondary N) is 2. The van der Waals surface area contributed by atoms with Crippen LogP contribution in [0.2, 0.25) is 0 Å². The summed E-state index contributed by atoms with van der Waals surface area (Å²) in [4.78, 5) is 25.6. The summed E-state index contributed by atoms with van der Waals surface area (Å²) >= 11 is 0. The van der Waals surface area contributed by atoms with Gasteiger partial charge in [-0.25, -0.2) is 0 Å². The van der Waals surface area contributed by atoms with Crippen LogP contribution in [0.5, 0.6) is 0 Å². The van der Waals surface area contributed by atoms with Gasteiger partial charge in [0.25, 0.3) is 5.91 Å². The molecule has 0 aliphatic carbocycles. The molecule has 0 bridgehead atoms. The average molecular weight is 275 g/mol. The van der Waals surface area contributed by atoms with Crippen LogP contribution in [0, 0.1) is 0 Å². The van der Waals surface area contributed by atoms with Crippen molar-refractivity contribution in [2.24, 2.45) is 0 Å². The second kappa shape index (κ2) is 5.94. The Balaban J connectivity index is 2.09. The van der Waals surface area contributed by atoms with E-state index >= 15 is 0 Å². The van der Waals surface area contributed by atoms with Crippen LogP contribution in [0.15, 0.2) is 18.2 Å². The highest BCUT2D eigenvalue weighted by atomic mass is 16.2. The number of hydrogen-bond acceptors (Lipinski definition) is 3. The van der Waals surface area contributed by atoms with E-state index in [0.717, 1.165) is 11.3 Å². The molecule has 1 aliphatic heterocycles. The third-order valence-electron chi connectivity index (χ3n) is 3.62. The van der Waals surface area contributed by atoms with Gasteiger partial charge in [-0.05, 0) is 38.5 Å². The van der Waals surface area contributed by atoms with Gasteiger partial charge < -0.3 is 15.5 Å². The minimum atomic E-state index is -0.308. The molecule has 0 radical (unpaired) electrons. The first kappa shape index (κ1) is 14.4. The first-order valence-corrected chi connectivity index (χ1v) is 7.03. The maximum absolute atomic E-state index is 12.2. The quantitative estimate of drug-likeness (QED) is 0.858. The van der Waals surface area contributed by atoms with E-state index in [1.807, 2.05) is 39.0 Å². The van der Waals surface area contributed by atoms with Crippen LogP contribution in [0.4, 0.5) is 5.69 Å². The van der Waals surface area contributed by atoms with Crippen molar-refractivity contribution < 1.29 is 9.59 Å². The van der Waals surface area contributed by atoms with Crippen molar-refractivity contribution in [1.29, 1.82) is 0 Å². The second-order valence-electron chi connectivity index (χ2n) is 4.93. The molecule has 2 amide bonds. The van der Waals surface area contributed by atoms with Crippen LogP contribution in [0.1, 0.15) is 36.7 Å². The van der Waals surface area contributed by atoms with Gasteiger partial charge in [0.2, 0.25) is 5.91 Å². The summed E-state index contributed by atoms with van der Waals surface area (Å²) < 4.78 is 0. The highest BCUT2D eigenvalue weighted by Crippen LogP contribution is 2.20. The van der Waals surface area contributed by atoms with Crippen molar-refractivity contribution in [3.63, 3.8) is 0 Å². The zero-order chi connectivity index (χ0) is 14.7. The van der Waals surface area contributed by atoms with E-state index in [2.05, 4.69) is 10.6 Å². The predicted molar refractivity (Wildman–Crippen MR) is 78.6 cm³/mol. The van der Waals surface area contributed by atoms with Crippen LogP contribution in [0.3, 0.4) is 0 Å². The summed E-state index contributed by atoms with van der Waals surface area (Å²) in [5.74, 6) is 0.0197. The number of likely N-dealkylation sites (N-methyl/N-ethyl adjacent to an activating group) is 1. The largest absolute Gasteiger partial charge is 0.374 e. The first-order valence-electron chi connectivity index (χ1n) is 7.03. The third kappa shape index (κ3) is 2.76. The SMILES string of the molecule is CCN(CC)C(=O)[C@@H](C)Nc1ccc2c(c1)C(=O)NC2. The lowest BCUT2D eigenvalue weighted by Crippen LogP contribution is -2.41. The molecule has 0 fully saturated rings. The normalized spacial score (nSPS) is 14.4. The predicted octanol–water partition coefficient (Wildman–Crippen LogP) is 1.60. The molecule has 0 unspecified atom stereocenters.